The standard InChI is InChI=1S/C17H13BrFN3O3S/c18-14-6-5-13(25-14)16(24)20-9-15(23)22-17-21-8-12(26-17)7-10-1-3-11(19)4-2-10/h1-6,8H,7,9H2,(H,20,24)(H,21,22,23). The molecule has 1 aromatic carbocycles. The minimum absolute atomic E-state index is 0.112. The predicted molar refractivity (Wildman–Crippen MR) is 98.7 cm³/mol. The summed E-state index contributed by atoms with van der Waals surface area (Å²) in [6, 6.07) is 9.30. The molecule has 3 rings (SSSR count). The van der Waals surface area contributed by atoms with Gasteiger partial charge in [0.1, 0.15) is 5.82 Å². The molecule has 0 atom stereocenters. The fourth-order valence-electron chi connectivity index (χ4n) is 2.10. The van der Waals surface area contributed by atoms with Crippen molar-refractivity contribution in [1.82, 2.24) is 10.3 Å². The molecule has 26 heavy (non-hydrogen) atoms. The lowest BCUT2D eigenvalue weighted by Gasteiger charge is -2.03. The highest BCUT2D eigenvalue weighted by atomic mass is 79.9. The molecule has 6 nitrogen and oxygen atoms in total. The molecule has 2 N–H and O–H groups in total. The van der Waals surface area contributed by atoms with Crippen molar-refractivity contribution >= 4 is 44.2 Å². The van der Waals surface area contributed by atoms with Crippen LogP contribution in [0.1, 0.15) is 21.0 Å². The summed E-state index contributed by atoms with van der Waals surface area (Å²) in [6.45, 7) is -0.204. The molecule has 0 bridgehead atoms. The monoisotopic (exact) mass is 437 g/mol. The zero-order valence-corrected chi connectivity index (χ0v) is 15.7. The van der Waals surface area contributed by atoms with Crippen molar-refractivity contribution in [3.8, 4) is 0 Å². The molecule has 0 fully saturated rings. The molecule has 2 amide bonds. The largest absolute Gasteiger partial charge is 0.444 e. The molecule has 0 saturated heterocycles. The van der Waals surface area contributed by atoms with Gasteiger partial charge in [0.2, 0.25) is 5.91 Å². The van der Waals surface area contributed by atoms with Gasteiger partial charge in [0.05, 0.1) is 6.54 Å². The van der Waals surface area contributed by atoms with Crippen LogP contribution in [0.25, 0.3) is 0 Å². The van der Waals surface area contributed by atoms with E-state index in [1.807, 2.05) is 0 Å². The SMILES string of the molecule is O=C(CNC(=O)c1ccc(Br)o1)Nc1ncc(Cc2ccc(F)cc2)s1. The normalized spacial score (nSPS) is 10.5. The predicted octanol–water partition coefficient (Wildman–Crippen LogP) is 3.60. The van der Waals surface area contributed by atoms with Crippen LogP contribution < -0.4 is 10.6 Å². The van der Waals surface area contributed by atoms with Gasteiger partial charge in [-0.2, -0.15) is 0 Å². The fourth-order valence-corrected chi connectivity index (χ4v) is 3.27. The van der Waals surface area contributed by atoms with E-state index < -0.39 is 11.8 Å². The van der Waals surface area contributed by atoms with Gasteiger partial charge in [-0.3, -0.25) is 9.59 Å². The van der Waals surface area contributed by atoms with Gasteiger partial charge in [-0.1, -0.05) is 12.1 Å². The number of carbonyl (C=O) groups is 2. The van der Waals surface area contributed by atoms with Crippen LogP contribution in [0.4, 0.5) is 9.52 Å². The lowest BCUT2D eigenvalue weighted by Crippen LogP contribution is -2.32. The van der Waals surface area contributed by atoms with Crippen molar-refractivity contribution in [2.45, 2.75) is 6.42 Å². The van der Waals surface area contributed by atoms with Gasteiger partial charge < -0.3 is 15.1 Å². The van der Waals surface area contributed by atoms with Crippen LogP contribution in [-0.4, -0.2) is 23.3 Å². The third-order valence-electron chi connectivity index (χ3n) is 3.30. The van der Waals surface area contributed by atoms with Crippen molar-refractivity contribution < 1.29 is 18.4 Å². The van der Waals surface area contributed by atoms with Gasteiger partial charge in [0.15, 0.2) is 15.6 Å². The highest BCUT2D eigenvalue weighted by molar-refractivity contribution is 9.10. The third kappa shape index (κ3) is 4.99. The molecule has 9 heteroatoms. The number of halogens is 2. The Balaban J connectivity index is 1.49. The Labute approximate surface area is 160 Å². The van der Waals surface area contributed by atoms with E-state index in [1.54, 1.807) is 24.4 Å². The van der Waals surface area contributed by atoms with Crippen LogP contribution in [0.5, 0.6) is 0 Å². The second-order valence-electron chi connectivity index (χ2n) is 5.27. The summed E-state index contributed by atoms with van der Waals surface area (Å²) in [5.41, 5.74) is 0.949. The van der Waals surface area contributed by atoms with Crippen LogP contribution in [0, 0.1) is 5.82 Å². The summed E-state index contributed by atoms with van der Waals surface area (Å²) in [5, 5.41) is 5.52. The first kappa shape index (κ1) is 18.3. The maximum Gasteiger partial charge on any atom is 0.287 e. The van der Waals surface area contributed by atoms with Crippen molar-refractivity contribution in [3.63, 3.8) is 0 Å². The van der Waals surface area contributed by atoms with Crippen molar-refractivity contribution in [2.24, 2.45) is 0 Å². The molecular weight excluding hydrogens is 425 g/mol. The quantitative estimate of drug-likeness (QED) is 0.616. The number of amides is 2. The average Bonchev–Trinajstić information content (AvgIpc) is 3.24. The van der Waals surface area contributed by atoms with E-state index >= 15 is 0 Å². The number of benzene rings is 1. The summed E-state index contributed by atoms with van der Waals surface area (Å²) < 4.78 is 18.5. The maximum absolute atomic E-state index is 12.9. The Morgan fingerprint density at radius 2 is 1.96 bits per heavy atom. The second kappa shape index (κ2) is 8.24. The van der Waals surface area contributed by atoms with E-state index in [2.05, 4.69) is 31.5 Å². The number of carbonyl (C=O) groups excluding carboxylic acids is 2. The van der Waals surface area contributed by atoms with E-state index in [0.717, 1.165) is 10.4 Å². The molecule has 0 unspecified atom stereocenters. The molecule has 2 heterocycles. The highest BCUT2D eigenvalue weighted by Crippen LogP contribution is 2.21. The topological polar surface area (TPSA) is 84.2 Å². The molecule has 134 valence electrons. The molecule has 0 spiro atoms. The summed E-state index contributed by atoms with van der Waals surface area (Å²) in [4.78, 5) is 28.8. The highest BCUT2D eigenvalue weighted by Gasteiger charge is 2.13. The lowest BCUT2D eigenvalue weighted by molar-refractivity contribution is -0.115. The summed E-state index contributed by atoms with van der Waals surface area (Å²) in [7, 11) is 0. The van der Waals surface area contributed by atoms with Gasteiger partial charge in [-0.25, -0.2) is 9.37 Å². The van der Waals surface area contributed by atoms with Crippen LogP contribution in [0.15, 0.2) is 51.7 Å². The molecule has 0 saturated carbocycles. The van der Waals surface area contributed by atoms with Gasteiger partial charge in [0.25, 0.3) is 5.91 Å². The third-order valence-corrected chi connectivity index (χ3v) is 4.64. The van der Waals surface area contributed by atoms with E-state index in [-0.39, 0.29) is 18.1 Å². The van der Waals surface area contributed by atoms with E-state index in [9.17, 15) is 14.0 Å². The van der Waals surface area contributed by atoms with Crippen molar-refractivity contribution in [1.29, 1.82) is 0 Å². The van der Waals surface area contributed by atoms with E-state index in [4.69, 9.17) is 4.42 Å². The molecule has 3 aromatic rings. The number of nitrogens with zero attached hydrogens (tertiary/aromatic N) is 1. The fraction of sp³-hybridized carbons (Fsp3) is 0.118. The van der Waals surface area contributed by atoms with Crippen LogP contribution in [0.2, 0.25) is 0 Å². The number of aromatic nitrogens is 1. The van der Waals surface area contributed by atoms with E-state index in [1.165, 1.54) is 29.5 Å². The summed E-state index contributed by atoms with van der Waals surface area (Å²) in [5.74, 6) is -1.05. The van der Waals surface area contributed by atoms with Crippen molar-refractivity contribution in [2.75, 3.05) is 11.9 Å². The minimum atomic E-state index is -0.484. The van der Waals surface area contributed by atoms with Gasteiger partial charge in [0, 0.05) is 17.5 Å². The maximum atomic E-state index is 12.9. The first-order chi connectivity index (χ1) is 12.5. The molecular formula is C17H13BrFN3O3S. The molecule has 0 aliphatic rings. The van der Waals surface area contributed by atoms with Crippen LogP contribution in [-0.2, 0) is 11.2 Å². The molecule has 0 radical (unpaired) electrons. The van der Waals surface area contributed by atoms with Crippen LogP contribution >= 0.6 is 27.3 Å². The Morgan fingerprint density at radius 1 is 1.19 bits per heavy atom. The minimum Gasteiger partial charge on any atom is -0.444 e. The Hall–Kier alpha value is -2.52. The number of thiazole rings is 1. The second-order valence-corrected chi connectivity index (χ2v) is 7.17. The Bertz CT molecular complexity index is 923. The van der Waals surface area contributed by atoms with Gasteiger partial charge in [-0.05, 0) is 45.8 Å². The zero-order chi connectivity index (χ0) is 18.5. The lowest BCUT2D eigenvalue weighted by atomic mass is 10.1. The van der Waals surface area contributed by atoms with Crippen LogP contribution in [0.3, 0.4) is 0 Å². The zero-order valence-electron chi connectivity index (χ0n) is 13.3. The number of furan rings is 1. The number of anilines is 1. The summed E-state index contributed by atoms with van der Waals surface area (Å²) >= 11 is 4.42. The Kier molecular flexibility index (Phi) is 5.79. The van der Waals surface area contributed by atoms with Gasteiger partial charge >= 0.3 is 0 Å². The Morgan fingerprint density at radius 3 is 2.65 bits per heavy atom. The molecule has 2 aromatic heterocycles. The first-order valence-electron chi connectivity index (χ1n) is 7.52. The number of rotatable bonds is 6. The number of hydrogen-bond donors (Lipinski definition) is 2. The smallest absolute Gasteiger partial charge is 0.287 e. The average molecular weight is 438 g/mol. The molecule has 0 aliphatic carbocycles. The van der Waals surface area contributed by atoms with Crippen molar-refractivity contribution in [3.05, 3.63) is 69.3 Å². The first-order valence-corrected chi connectivity index (χ1v) is 9.13. The summed E-state index contributed by atoms with van der Waals surface area (Å²) in [6.07, 6.45) is 2.25. The number of hydrogen-bond acceptors (Lipinski definition) is 5. The van der Waals surface area contributed by atoms with E-state index in [0.29, 0.717) is 16.2 Å². The molecule has 0 aliphatic heterocycles. The van der Waals surface area contributed by atoms with Gasteiger partial charge in [-0.15, -0.1) is 11.3 Å². The number of nitrogens with one attached hydrogen (secondary N) is 2.